The maximum Gasteiger partial charge on any atom is 0.0303 e. The molecule has 0 aliphatic carbocycles. The lowest BCUT2D eigenvalue weighted by Gasteiger charge is -2.17. The number of nitrogens with zero attached hydrogens (tertiary/aromatic N) is 1. The fraction of sp³-hybridized carbons (Fsp3) is 1.00. The average Bonchev–Trinajstić information content (AvgIpc) is 1.59. The summed E-state index contributed by atoms with van der Waals surface area (Å²) in [6.07, 6.45) is 0. The highest BCUT2D eigenvalue weighted by molar-refractivity contribution is 4.64. The van der Waals surface area contributed by atoms with Crippen LogP contribution in [0.4, 0.5) is 0 Å². The van der Waals surface area contributed by atoms with Gasteiger partial charge in [-0.3, -0.25) is 0 Å². The fourth-order valence-corrected chi connectivity index (χ4v) is 0.196. The van der Waals surface area contributed by atoms with Gasteiger partial charge >= 0.3 is 0 Å². The van der Waals surface area contributed by atoms with E-state index in [0.717, 1.165) is 0 Å². The summed E-state index contributed by atoms with van der Waals surface area (Å²) in [6.45, 7) is 5.93. The Bertz CT molecular complexity index is 72.6. The summed E-state index contributed by atoms with van der Waals surface area (Å²) in [7, 11) is 0. The Labute approximate surface area is 49.1 Å². The molecule has 0 heterocycles. The second kappa shape index (κ2) is 2.61. The standard InChI is InChI=1S/C4H12N4/c1-4(2,3)6-8-7-5/h1-3H3,(H2,5,8)(H,6,7). The fourth-order valence-electron chi connectivity index (χ4n) is 0.196. The lowest BCUT2D eigenvalue weighted by Crippen LogP contribution is -2.43. The Morgan fingerprint density at radius 2 is 1.88 bits per heavy atom. The maximum absolute atomic E-state index is 6.33. The molecule has 0 amide bonds. The third-order valence-corrected chi connectivity index (χ3v) is 0.487. The normalized spacial score (nSPS) is 10.9. The van der Waals surface area contributed by atoms with Crippen molar-refractivity contribution in [2.75, 3.05) is 0 Å². The van der Waals surface area contributed by atoms with Crippen molar-refractivity contribution in [3.05, 3.63) is 0 Å². The van der Waals surface area contributed by atoms with Crippen molar-refractivity contribution in [3.63, 3.8) is 0 Å². The van der Waals surface area contributed by atoms with Crippen LogP contribution in [0.5, 0.6) is 0 Å². The summed E-state index contributed by atoms with van der Waals surface area (Å²) in [5, 5.41) is 2.91. The molecule has 0 aromatic carbocycles. The molecule has 0 aliphatic rings. The number of hydrazine groups is 1. The number of hydrogen-bond acceptors (Lipinski definition) is 3. The number of nitrogens with one attached hydrogen (secondary N) is 3. The highest BCUT2D eigenvalue weighted by atomic mass is 15.6. The molecule has 0 bridgehead atoms. The van der Waals surface area contributed by atoms with Crippen molar-refractivity contribution in [2.24, 2.45) is 5.22 Å². The second-order valence-corrected chi connectivity index (χ2v) is 2.60. The van der Waals surface area contributed by atoms with Crippen molar-refractivity contribution in [3.8, 4) is 0 Å². The summed E-state index contributed by atoms with van der Waals surface area (Å²) in [5.41, 5.74) is 11.4. The van der Waals surface area contributed by atoms with Crippen LogP contribution in [0.3, 0.4) is 0 Å². The van der Waals surface area contributed by atoms with Gasteiger partial charge in [-0.1, -0.05) is 5.22 Å². The molecule has 0 saturated heterocycles. The predicted octanol–water partition coefficient (Wildman–Crippen LogP) is 0.825. The minimum Gasteiger partial charge on any atom is -0.224 e. The molecule has 0 rings (SSSR count). The van der Waals surface area contributed by atoms with Crippen molar-refractivity contribution >= 4 is 0 Å². The molecule has 0 fully saturated rings. The van der Waals surface area contributed by atoms with Gasteiger partial charge in [0.2, 0.25) is 0 Å². The van der Waals surface area contributed by atoms with Gasteiger partial charge < -0.3 is 0 Å². The first-order chi connectivity index (χ1) is 3.56. The largest absolute Gasteiger partial charge is 0.224 e. The highest BCUT2D eigenvalue weighted by Crippen LogP contribution is 1.94. The molecule has 0 aromatic rings. The van der Waals surface area contributed by atoms with Crippen molar-refractivity contribution in [1.29, 1.82) is 5.53 Å². The SMILES string of the molecule is CC(C)(C)NNN=N. The summed E-state index contributed by atoms with van der Waals surface area (Å²) in [4.78, 5) is 0. The zero-order valence-electron chi connectivity index (χ0n) is 5.45. The van der Waals surface area contributed by atoms with E-state index in [2.05, 4.69) is 16.2 Å². The molecule has 0 saturated carbocycles. The molecule has 48 valence electrons. The van der Waals surface area contributed by atoms with E-state index in [1.807, 2.05) is 20.8 Å². The molecule has 0 aliphatic heterocycles. The van der Waals surface area contributed by atoms with Gasteiger partial charge in [-0.25, -0.2) is 11.0 Å². The molecule has 0 aromatic heterocycles. The van der Waals surface area contributed by atoms with Gasteiger partial charge in [0.1, 0.15) is 0 Å². The molecule has 4 heteroatoms. The van der Waals surface area contributed by atoms with Crippen LogP contribution in [-0.2, 0) is 0 Å². The molecular formula is C4H12N4. The first-order valence-corrected chi connectivity index (χ1v) is 2.45. The molecule has 4 nitrogen and oxygen atoms in total. The minimum absolute atomic E-state index is 0.0233. The number of rotatable bonds is 2. The average molecular weight is 116 g/mol. The Kier molecular flexibility index (Phi) is 2.41. The van der Waals surface area contributed by atoms with E-state index in [1.54, 1.807) is 0 Å². The second-order valence-electron chi connectivity index (χ2n) is 2.60. The van der Waals surface area contributed by atoms with Gasteiger partial charge in [-0.2, -0.15) is 5.53 Å². The lowest BCUT2D eigenvalue weighted by molar-refractivity contribution is 0.353. The van der Waals surface area contributed by atoms with E-state index in [1.165, 1.54) is 0 Å². The van der Waals surface area contributed by atoms with Crippen LogP contribution in [0.2, 0.25) is 0 Å². The lowest BCUT2D eigenvalue weighted by atomic mass is 10.1. The minimum atomic E-state index is -0.0233. The molecule has 0 unspecified atom stereocenters. The van der Waals surface area contributed by atoms with Crippen LogP contribution < -0.4 is 11.0 Å². The maximum atomic E-state index is 6.33. The zero-order chi connectivity index (χ0) is 6.62. The van der Waals surface area contributed by atoms with Gasteiger partial charge in [0.25, 0.3) is 0 Å². The van der Waals surface area contributed by atoms with Crippen LogP contribution in [0, 0.1) is 5.53 Å². The summed E-state index contributed by atoms with van der Waals surface area (Å²) < 4.78 is 0. The molecule has 8 heavy (non-hydrogen) atoms. The van der Waals surface area contributed by atoms with Gasteiger partial charge in [0.15, 0.2) is 0 Å². The summed E-state index contributed by atoms with van der Waals surface area (Å²) >= 11 is 0. The van der Waals surface area contributed by atoms with Crippen molar-refractivity contribution < 1.29 is 0 Å². The first kappa shape index (κ1) is 7.36. The van der Waals surface area contributed by atoms with Gasteiger partial charge in [0, 0.05) is 5.54 Å². The monoisotopic (exact) mass is 116 g/mol. The topological polar surface area (TPSA) is 60.3 Å². The van der Waals surface area contributed by atoms with Crippen molar-refractivity contribution in [2.45, 2.75) is 26.3 Å². The van der Waals surface area contributed by atoms with Crippen LogP contribution in [0.25, 0.3) is 0 Å². The highest BCUT2D eigenvalue weighted by Gasteiger charge is 2.05. The van der Waals surface area contributed by atoms with Gasteiger partial charge in [-0.15, -0.1) is 0 Å². The Balaban J connectivity index is 3.24. The predicted molar refractivity (Wildman–Crippen MR) is 31.2 cm³/mol. The molecular weight excluding hydrogens is 104 g/mol. The molecule has 3 N–H and O–H groups in total. The van der Waals surface area contributed by atoms with E-state index in [0.29, 0.717) is 0 Å². The van der Waals surface area contributed by atoms with E-state index in [4.69, 9.17) is 5.53 Å². The third kappa shape index (κ3) is 5.36. The zero-order valence-corrected chi connectivity index (χ0v) is 5.45. The van der Waals surface area contributed by atoms with Crippen LogP contribution >= 0.6 is 0 Å². The summed E-state index contributed by atoms with van der Waals surface area (Å²) in [6, 6.07) is 0. The van der Waals surface area contributed by atoms with Crippen molar-refractivity contribution in [1.82, 2.24) is 11.0 Å². The molecule has 0 atom stereocenters. The van der Waals surface area contributed by atoms with E-state index in [9.17, 15) is 0 Å². The third-order valence-electron chi connectivity index (χ3n) is 0.487. The van der Waals surface area contributed by atoms with Crippen LogP contribution in [0.15, 0.2) is 5.22 Å². The smallest absolute Gasteiger partial charge is 0.0303 e. The van der Waals surface area contributed by atoms with Crippen LogP contribution in [0.1, 0.15) is 20.8 Å². The molecule has 0 spiro atoms. The Hall–Kier alpha value is -0.640. The van der Waals surface area contributed by atoms with Gasteiger partial charge in [-0.05, 0) is 20.8 Å². The van der Waals surface area contributed by atoms with E-state index in [-0.39, 0.29) is 5.54 Å². The van der Waals surface area contributed by atoms with E-state index >= 15 is 0 Å². The summed E-state index contributed by atoms with van der Waals surface area (Å²) in [5.74, 6) is 0. The van der Waals surface area contributed by atoms with E-state index < -0.39 is 0 Å². The molecule has 0 radical (unpaired) electrons. The Morgan fingerprint density at radius 1 is 1.38 bits per heavy atom. The van der Waals surface area contributed by atoms with Gasteiger partial charge in [0.05, 0.1) is 0 Å². The van der Waals surface area contributed by atoms with Crippen LogP contribution in [-0.4, -0.2) is 5.54 Å². The first-order valence-electron chi connectivity index (χ1n) is 2.45. The Morgan fingerprint density at radius 3 is 2.00 bits per heavy atom. The quantitative estimate of drug-likeness (QED) is 0.369. The number of hydrogen-bond donors (Lipinski definition) is 3.